The molecule has 0 bridgehead atoms. The van der Waals surface area contributed by atoms with Crippen LogP contribution in [0, 0.1) is 6.92 Å². The van der Waals surface area contributed by atoms with E-state index in [0.717, 1.165) is 9.56 Å². The molecule has 0 spiro atoms. The number of anilines is 1. The number of hydrogen-bond acceptors (Lipinski definition) is 9. The van der Waals surface area contributed by atoms with E-state index >= 15 is 0 Å². The molecular formula is C12H12N8O2S. The topological polar surface area (TPSA) is 137 Å². The molecule has 10 nitrogen and oxygen atoms in total. The lowest BCUT2D eigenvalue weighted by atomic mass is 10.3. The van der Waals surface area contributed by atoms with Crippen LogP contribution in [0.1, 0.15) is 28.0 Å². The molecule has 0 aromatic carbocycles. The molecule has 3 rings (SSSR count). The standard InChI is InChI=1S/C12H12N8O2S/c1-6(8-4-3-5-23-8)14-16-12(21)9-7(2)15-19-20(9)11-10(13)17-22-18-11/h3-5H,1-2H3,(H2,13,17)(H,16,21)/b14-6-. The summed E-state index contributed by atoms with van der Waals surface area (Å²) in [7, 11) is 0. The highest BCUT2D eigenvalue weighted by Gasteiger charge is 2.22. The lowest BCUT2D eigenvalue weighted by molar-refractivity contribution is 0.0946. The Morgan fingerprint density at radius 1 is 1.48 bits per heavy atom. The third-order valence-electron chi connectivity index (χ3n) is 2.95. The van der Waals surface area contributed by atoms with Crippen LogP contribution in [0.3, 0.4) is 0 Å². The molecule has 0 saturated carbocycles. The molecule has 0 radical (unpaired) electrons. The molecule has 0 fully saturated rings. The third-order valence-corrected chi connectivity index (χ3v) is 3.93. The fraction of sp³-hybridized carbons (Fsp3) is 0.167. The summed E-state index contributed by atoms with van der Waals surface area (Å²) in [6.45, 7) is 3.44. The number of carbonyl (C=O) groups excluding carboxylic acids is 1. The molecule has 0 saturated heterocycles. The second-order valence-corrected chi connectivity index (χ2v) is 5.47. The lowest BCUT2D eigenvalue weighted by Crippen LogP contribution is -2.23. The van der Waals surface area contributed by atoms with Crippen molar-refractivity contribution in [3.63, 3.8) is 0 Å². The first kappa shape index (κ1) is 14.8. The first-order valence-electron chi connectivity index (χ1n) is 6.47. The van der Waals surface area contributed by atoms with E-state index < -0.39 is 5.91 Å². The zero-order valence-corrected chi connectivity index (χ0v) is 13.0. The minimum Gasteiger partial charge on any atom is -0.378 e. The Kier molecular flexibility index (Phi) is 3.85. The van der Waals surface area contributed by atoms with Crippen LogP contribution in [0.2, 0.25) is 0 Å². The Morgan fingerprint density at radius 2 is 2.30 bits per heavy atom. The van der Waals surface area contributed by atoms with Gasteiger partial charge in [-0.15, -0.1) is 16.4 Å². The van der Waals surface area contributed by atoms with Crippen molar-refractivity contribution in [1.29, 1.82) is 0 Å². The van der Waals surface area contributed by atoms with Crippen LogP contribution >= 0.6 is 11.3 Å². The second-order valence-electron chi connectivity index (χ2n) is 4.52. The summed E-state index contributed by atoms with van der Waals surface area (Å²) in [4.78, 5) is 13.3. The van der Waals surface area contributed by atoms with Crippen molar-refractivity contribution in [2.24, 2.45) is 5.10 Å². The fourth-order valence-corrected chi connectivity index (χ4v) is 2.51. The fourth-order valence-electron chi connectivity index (χ4n) is 1.83. The van der Waals surface area contributed by atoms with Gasteiger partial charge in [0.25, 0.3) is 5.91 Å². The average Bonchev–Trinajstić information content (AvgIpc) is 3.25. The van der Waals surface area contributed by atoms with Crippen molar-refractivity contribution < 1.29 is 9.42 Å². The minimum absolute atomic E-state index is 0.00205. The van der Waals surface area contributed by atoms with Crippen LogP contribution in [-0.4, -0.2) is 36.9 Å². The van der Waals surface area contributed by atoms with Gasteiger partial charge in [0.05, 0.1) is 11.4 Å². The summed E-state index contributed by atoms with van der Waals surface area (Å²) in [6.07, 6.45) is 0. The van der Waals surface area contributed by atoms with Crippen molar-refractivity contribution in [2.45, 2.75) is 13.8 Å². The molecule has 3 heterocycles. The Labute approximate surface area is 133 Å². The number of hydrazone groups is 1. The Hall–Kier alpha value is -3.08. The highest BCUT2D eigenvalue weighted by molar-refractivity contribution is 7.12. The van der Waals surface area contributed by atoms with Gasteiger partial charge in [-0.05, 0) is 35.6 Å². The van der Waals surface area contributed by atoms with Crippen molar-refractivity contribution in [1.82, 2.24) is 30.7 Å². The Balaban J connectivity index is 1.87. The van der Waals surface area contributed by atoms with Crippen molar-refractivity contribution >= 4 is 28.8 Å². The molecule has 0 aliphatic rings. The summed E-state index contributed by atoms with van der Waals surface area (Å²) in [5.74, 6) is -0.400. The van der Waals surface area contributed by atoms with Gasteiger partial charge in [-0.1, -0.05) is 11.3 Å². The van der Waals surface area contributed by atoms with Gasteiger partial charge in [-0.3, -0.25) is 4.79 Å². The van der Waals surface area contributed by atoms with E-state index in [-0.39, 0.29) is 17.3 Å². The smallest absolute Gasteiger partial charge is 0.292 e. The van der Waals surface area contributed by atoms with Gasteiger partial charge in [0.1, 0.15) is 0 Å². The van der Waals surface area contributed by atoms with Crippen LogP contribution in [-0.2, 0) is 0 Å². The molecular weight excluding hydrogens is 320 g/mol. The molecule has 0 aliphatic heterocycles. The first-order valence-corrected chi connectivity index (χ1v) is 7.35. The molecule has 0 atom stereocenters. The largest absolute Gasteiger partial charge is 0.378 e. The summed E-state index contributed by atoms with van der Waals surface area (Å²) < 4.78 is 5.68. The van der Waals surface area contributed by atoms with E-state index in [1.807, 2.05) is 17.5 Å². The monoisotopic (exact) mass is 332 g/mol. The number of rotatable bonds is 4. The number of amides is 1. The highest BCUT2D eigenvalue weighted by Crippen LogP contribution is 2.15. The summed E-state index contributed by atoms with van der Waals surface area (Å²) in [5.41, 5.74) is 9.33. The molecule has 1 amide bonds. The highest BCUT2D eigenvalue weighted by atomic mass is 32.1. The summed E-state index contributed by atoms with van der Waals surface area (Å²) in [6, 6.07) is 3.82. The van der Waals surface area contributed by atoms with E-state index in [4.69, 9.17) is 5.73 Å². The van der Waals surface area contributed by atoms with E-state index in [1.54, 1.807) is 13.8 Å². The number of nitrogen functional groups attached to an aromatic ring is 1. The maximum atomic E-state index is 12.4. The van der Waals surface area contributed by atoms with Crippen LogP contribution in [0.5, 0.6) is 0 Å². The average molecular weight is 332 g/mol. The van der Waals surface area contributed by atoms with Gasteiger partial charge in [-0.25, -0.2) is 10.1 Å². The molecule has 118 valence electrons. The second kappa shape index (κ2) is 5.96. The number of carbonyl (C=O) groups is 1. The van der Waals surface area contributed by atoms with E-state index in [2.05, 4.69) is 35.8 Å². The molecule has 23 heavy (non-hydrogen) atoms. The number of hydrogen-bond donors (Lipinski definition) is 2. The maximum Gasteiger partial charge on any atom is 0.292 e. The third kappa shape index (κ3) is 2.81. The van der Waals surface area contributed by atoms with Crippen LogP contribution in [0.4, 0.5) is 5.82 Å². The number of nitrogens with zero attached hydrogens (tertiary/aromatic N) is 6. The van der Waals surface area contributed by atoms with Gasteiger partial charge in [0.15, 0.2) is 5.69 Å². The minimum atomic E-state index is -0.495. The molecule has 3 aromatic heterocycles. The molecule has 11 heteroatoms. The van der Waals surface area contributed by atoms with Crippen molar-refractivity contribution in [3.8, 4) is 5.82 Å². The van der Waals surface area contributed by atoms with Crippen molar-refractivity contribution in [2.75, 3.05) is 5.73 Å². The van der Waals surface area contributed by atoms with Gasteiger partial charge >= 0.3 is 0 Å². The Morgan fingerprint density at radius 3 is 2.96 bits per heavy atom. The Bertz CT molecular complexity index is 864. The van der Waals surface area contributed by atoms with Gasteiger partial charge in [0, 0.05) is 4.88 Å². The maximum absolute atomic E-state index is 12.4. The van der Waals surface area contributed by atoms with Gasteiger partial charge in [0.2, 0.25) is 11.6 Å². The molecule has 0 unspecified atom stereocenters. The predicted octanol–water partition coefficient (Wildman–Crippen LogP) is 0.756. The van der Waals surface area contributed by atoms with Gasteiger partial charge in [-0.2, -0.15) is 9.78 Å². The molecule has 3 aromatic rings. The zero-order valence-electron chi connectivity index (χ0n) is 12.2. The van der Waals surface area contributed by atoms with E-state index in [1.165, 1.54) is 11.3 Å². The molecule has 3 N–H and O–H groups in total. The number of thiophene rings is 1. The zero-order chi connectivity index (χ0) is 16.4. The predicted molar refractivity (Wildman–Crippen MR) is 82.4 cm³/mol. The number of aryl methyl sites for hydroxylation is 1. The van der Waals surface area contributed by atoms with Gasteiger partial charge < -0.3 is 5.73 Å². The summed E-state index contributed by atoms with van der Waals surface area (Å²) >= 11 is 1.53. The number of nitrogens with two attached hydrogens (primary N) is 1. The number of aromatic nitrogens is 5. The normalized spacial score (nSPS) is 11.7. The molecule has 0 aliphatic carbocycles. The number of nitrogens with one attached hydrogen (secondary N) is 1. The lowest BCUT2D eigenvalue weighted by Gasteiger charge is -2.03. The SMILES string of the molecule is C/C(=N/NC(=O)c1c(C)nnn1-c1nonc1N)c1cccs1. The summed E-state index contributed by atoms with van der Waals surface area (Å²) in [5, 5.41) is 20.8. The van der Waals surface area contributed by atoms with Crippen molar-refractivity contribution in [3.05, 3.63) is 33.8 Å². The first-order chi connectivity index (χ1) is 11.1. The quantitative estimate of drug-likeness (QED) is 0.531. The van der Waals surface area contributed by atoms with Crippen LogP contribution < -0.4 is 11.2 Å². The van der Waals surface area contributed by atoms with Crippen LogP contribution in [0.25, 0.3) is 5.82 Å². The van der Waals surface area contributed by atoms with Crippen LogP contribution in [0.15, 0.2) is 27.2 Å². The van der Waals surface area contributed by atoms with E-state index in [9.17, 15) is 4.79 Å². The van der Waals surface area contributed by atoms with E-state index in [0.29, 0.717) is 11.4 Å².